The highest BCUT2D eigenvalue weighted by Crippen LogP contribution is 2.37. The highest BCUT2D eigenvalue weighted by molar-refractivity contribution is 7.12. The molecule has 1 aliphatic heterocycles. The first-order valence-electron chi connectivity index (χ1n) is 10.0. The van der Waals surface area contributed by atoms with Crippen LogP contribution in [-0.2, 0) is 18.8 Å². The van der Waals surface area contributed by atoms with E-state index >= 15 is 0 Å². The molecule has 7 heteroatoms. The van der Waals surface area contributed by atoms with Gasteiger partial charge in [-0.1, -0.05) is 18.2 Å². The molecule has 0 spiro atoms. The Hall–Kier alpha value is -1.80. The lowest BCUT2D eigenvalue weighted by Gasteiger charge is -2.24. The number of para-hydroxylation sites is 1. The van der Waals surface area contributed by atoms with Gasteiger partial charge in [-0.15, -0.1) is 22.7 Å². The van der Waals surface area contributed by atoms with Gasteiger partial charge in [-0.2, -0.15) is 0 Å². The van der Waals surface area contributed by atoms with Crippen LogP contribution in [0.5, 0.6) is 5.75 Å². The quantitative estimate of drug-likeness (QED) is 0.617. The third-order valence-corrected chi connectivity index (χ3v) is 7.58. The molecule has 1 aliphatic rings. The molecule has 0 bridgehead atoms. The number of ether oxygens (including phenoxy) is 1. The number of likely N-dealkylation sites (tertiary alicyclic amines) is 1. The van der Waals surface area contributed by atoms with Gasteiger partial charge < -0.3 is 9.84 Å². The largest absolute Gasteiger partial charge is 0.488 e. The number of aromatic nitrogens is 2. The van der Waals surface area contributed by atoms with Crippen molar-refractivity contribution in [1.29, 1.82) is 0 Å². The molecule has 2 aromatic heterocycles. The molecular weight excluding hydrogens is 402 g/mol. The zero-order valence-corrected chi connectivity index (χ0v) is 18.6. The van der Waals surface area contributed by atoms with Gasteiger partial charge in [0.1, 0.15) is 23.0 Å². The fraction of sp³-hybridized carbons (Fsp3) is 0.455. The summed E-state index contributed by atoms with van der Waals surface area (Å²) in [7, 11) is 0. The molecule has 0 radical (unpaired) electrons. The number of thiazole rings is 2. The Morgan fingerprint density at radius 1 is 1.14 bits per heavy atom. The van der Waals surface area contributed by atoms with Gasteiger partial charge in [0, 0.05) is 24.2 Å². The number of benzene rings is 1. The third-order valence-electron chi connectivity index (χ3n) is 5.36. The molecule has 1 atom stereocenters. The minimum Gasteiger partial charge on any atom is -0.488 e. The van der Waals surface area contributed by atoms with Gasteiger partial charge in [0.05, 0.1) is 15.6 Å². The molecule has 1 fully saturated rings. The molecule has 29 heavy (non-hydrogen) atoms. The first-order chi connectivity index (χ1) is 14.0. The van der Waals surface area contributed by atoms with Gasteiger partial charge >= 0.3 is 0 Å². The number of rotatable bonds is 6. The topological polar surface area (TPSA) is 58.5 Å². The van der Waals surface area contributed by atoms with Crippen LogP contribution < -0.4 is 4.74 Å². The van der Waals surface area contributed by atoms with E-state index in [1.165, 1.54) is 4.88 Å². The number of aryl methyl sites for hydroxylation is 2. The van der Waals surface area contributed by atoms with E-state index < -0.39 is 5.60 Å². The third kappa shape index (κ3) is 5.04. The summed E-state index contributed by atoms with van der Waals surface area (Å²) >= 11 is 3.34. The van der Waals surface area contributed by atoms with Gasteiger partial charge in [-0.05, 0) is 51.8 Å². The monoisotopic (exact) mass is 429 g/mol. The Morgan fingerprint density at radius 3 is 2.72 bits per heavy atom. The van der Waals surface area contributed by atoms with Crippen molar-refractivity contribution in [3.63, 3.8) is 0 Å². The summed E-state index contributed by atoms with van der Waals surface area (Å²) in [6.45, 7) is 7.30. The average Bonchev–Trinajstić information content (AvgIpc) is 3.24. The molecule has 0 amide bonds. The van der Waals surface area contributed by atoms with Crippen LogP contribution in [0.2, 0.25) is 0 Å². The summed E-state index contributed by atoms with van der Waals surface area (Å²) in [5.41, 5.74) is 0.106. The van der Waals surface area contributed by atoms with E-state index in [0.29, 0.717) is 13.0 Å². The van der Waals surface area contributed by atoms with Gasteiger partial charge in [0.25, 0.3) is 0 Å². The van der Waals surface area contributed by atoms with E-state index in [1.54, 1.807) is 22.7 Å². The molecule has 1 unspecified atom stereocenters. The van der Waals surface area contributed by atoms with E-state index in [1.807, 2.05) is 50.4 Å². The molecular formula is C22H27N3O2S2. The van der Waals surface area contributed by atoms with Crippen molar-refractivity contribution < 1.29 is 9.84 Å². The normalized spacial score (nSPS) is 20.5. The summed E-state index contributed by atoms with van der Waals surface area (Å²) in [5, 5.41) is 13.3. The molecule has 0 aliphatic carbocycles. The van der Waals surface area contributed by atoms with E-state index in [4.69, 9.17) is 9.72 Å². The summed E-state index contributed by atoms with van der Waals surface area (Å²) in [4.78, 5) is 13.9. The van der Waals surface area contributed by atoms with Crippen molar-refractivity contribution in [3.05, 3.63) is 62.0 Å². The van der Waals surface area contributed by atoms with Gasteiger partial charge in [0.2, 0.25) is 0 Å². The smallest absolute Gasteiger partial charge is 0.125 e. The Labute approximate surface area is 180 Å². The molecule has 0 saturated carbocycles. The van der Waals surface area contributed by atoms with Crippen molar-refractivity contribution in [3.8, 4) is 5.75 Å². The second-order valence-electron chi connectivity index (χ2n) is 7.64. The summed E-state index contributed by atoms with van der Waals surface area (Å²) in [6, 6.07) is 9.82. The van der Waals surface area contributed by atoms with Crippen molar-refractivity contribution in [2.45, 2.75) is 51.9 Å². The second-order valence-corrected chi connectivity index (χ2v) is 10.0. The lowest BCUT2D eigenvalue weighted by atomic mass is 9.96. The Bertz CT molecular complexity index is 941. The molecule has 1 aromatic carbocycles. The van der Waals surface area contributed by atoms with Crippen LogP contribution in [-0.4, -0.2) is 33.1 Å². The summed E-state index contributed by atoms with van der Waals surface area (Å²) < 4.78 is 5.89. The highest BCUT2D eigenvalue weighted by Gasteiger charge is 2.35. The maximum Gasteiger partial charge on any atom is 0.125 e. The Kier molecular flexibility index (Phi) is 6.29. The molecule has 1 saturated heterocycles. The number of nitrogens with zero attached hydrogens (tertiary/aromatic N) is 3. The van der Waals surface area contributed by atoms with E-state index in [2.05, 4.69) is 9.88 Å². The van der Waals surface area contributed by atoms with Crippen molar-refractivity contribution in [2.75, 3.05) is 13.1 Å². The zero-order valence-electron chi connectivity index (χ0n) is 16.9. The Morgan fingerprint density at radius 2 is 1.97 bits per heavy atom. The van der Waals surface area contributed by atoms with Crippen LogP contribution >= 0.6 is 22.7 Å². The predicted molar refractivity (Wildman–Crippen MR) is 118 cm³/mol. The summed E-state index contributed by atoms with van der Waals surface area (Å²) in [5.74, 6) is 0.851. The minimum absolute atomic E-state index is 0.487. The summed E-state index contributed by atoms with van der Waals surface area (Å²) in [6.07, 6.45) is 4.39. The lowest BCUT2D eigenvalue weighted by Crippen LogP contribution is -2.28. The number of hydrogen-bond acceptors (Lipinski definition) is 7. The molecule has 154 valence electrons. The van der Waals surface area contributed by atoms with E-state index in [9.17, 15) is 5.11 Å². The molecule has 5 nitrogen and oxygen atoms in total. The van der Waals surface area contributed by atoms with Crippen LogP contribution in [0.3, 0.4) is 0 Å². The maximum absolute atomic E-state index is 11.4. The van der Waals surface area contributed by atoms with Crippen molar-refractivity contribution in [2.24, 2.45) is 0 Å². The SMILES string of the molecule is Cc1ncc(CN2CCCC(O)(c3nc(C)c(COc4ccccc4)s3)CC2)s1. The fourth-order valence-electron chi connectivity index (χ4n) is 3.67. The molecule has 1 N–H and O–H groups in total. The number of hydrogen-bond donors (Lipinski definition) is 1. The fourth-order valence-corrected chi connectivity index (χ4v) is 5.63. The highest BCUT2D eigenvalue weighted by atomic mass is 32.1. The average molecular weight is 430 g/mol. The van der Waals surface area contributed by atoms with Gasteiger partial charge in [-0.25, -0.2) is 9.97 Å². The van der Waals surface area contributed by atoms with Crippen LogP contribution in [0.15, 0.2) is 36.5 Å². The maximum atomic E-state index is 11.4. The van der Waals surface area contributed by atoms with E-state index in [0.717, 1.165) is 58.8 Å². The standard InChI is InChI=1S/C22H27N3O2S2/c1-16-20(15-27-18-7-4-3-5-8-18)29-21(24-16)22(26)9-6-11-25(12-10-22)14-19-13-23-17(2)28-19/h3-5,7-8,13,26H,6,9-12,14-15H2,1-2H3. The molecule has 4 rings (SSSR count). The van der Waals surface area contributed by atoms with Crippen LogP contribution in [0, 0.1) is 13.8 Å². The van der Waals surface area contributed by atoms with E-state index in [-0.39, 0.29) is 0 Å². The first kappa shape index (κ1) is 20.5. The van der Waals surface area contributed by atoms with Gasteiger partial charge in [0.15, 0.2) is 0 Å². The second kappa shape index (κ2) is 8.92. The van der Waals surface area contributed by atoms with Crippen molar-refractivity contribution in [1.82, 2.24) is 14.9 Å². The number of aliphatic hydroxyl groups is 1. The lowest BCUT2D eigenvalue weighted by molar-refractivity contribution is 0.0207. The van der Waals surface area contributed by atoms with Crippen LogP contribution in [0.25, 0.3) is 0 Å². The predicted octanol–water partition coefficient (Wildman–Crippen LogP) is 4.67. The zero-order chi connectivity index (χ0) is 20.3. The molecule has 3 heterocycles. The Balaban J connectivity index is 1.40. The molecule has 3 aromatic rings. The minimum atomic E-state index is -0.848. The van der Waals surface area contributed by atoms with Gasteiger partial charge in [-0.3, -0.25) is 4.90 Å². The van der Waals surface area contributed by atoms with Crippen LogP contribution in [0.4, 0.5) is 0 Å². The van der Waals surface area contributed by atoms with Crippen molar-refractivity contribution >= 4 is 22.7 Å². The van der Waals surface area contributed by atoms with Crippen LogP contribution in [0.1, 0.15) is 44.7 Å². The first-order valence-corrected chi connectivity index (χ1v) is 11.7.